The monoisotopic (exact) mass is 383 g/mol. The SMILES string of the molecule is CC(C)(C)OC(=O)NC1CCN(C(=O)Cc2ccc(Br)cn2)C1. The Balaban J connectivity index is 1.81. The van der Waals surface area contributed by atoms with Crippen molar-refractivity contribution < 1.29 is 14.3 Å². The third-order valence-corrected chi connectivity index (χ3v) is 3.85. The number of rotatable bonds is 3. The fraction of sp³-hybridized carbons (Fsp3) is 0.562. The highest BCUT2D eigenvalue weighted by molar-refractivity contribution is 9.10. The van der Waals surface area contributed by atoms with Gasteiger partial charge in [0.15, 0.2) is 0 Å². The molecular weight excluding hydrogens is 362 g/mol. The van der Waals surface area contributed by atoms with Gasteiger partial charge in [-0.15, -0.1) is 0 Å². The molecule has 0 bridgehead atoms. The molecule has 0 aromatic carbocycles. The molecule has 2 amide bonds. The van der Waals surface area contributed by atoms with E-state index in [-0.39, 0.29) is 18.4 Å². The molecule has 1 aliphatic heterocycles. The summed E-state index contributed by atoms with van der Waals surface area (Å²) in [5.74, 6) is 0.0216. The van der Waals surface area contributed by atoms with Crippen LogP contribution in [0.25, 0.3) is 0 Å². The number of halogens is 1. The lowest BCUT2D eigenvalue weighted by molar-refractivity contribution is -0.129. The van der Waals surface area contributed by atoms with Crippen LogP contribution in [-0.4, -0.2) is 46.6 Å². The second kappa shape index (κ2) is 7.29. The van der Waals surface area contributed by atoms with Gasteiger partial charge in [-0.25, -0.2) is 4.79 Å². The van der Waals surface area contributed by atoms with Crippen molar-refractivity contribution in [2.75, 3.05) is 13.1 Å². The number of pyridine rings is 1. The number of hydrogen-bond acceptors (Lipinski definition) is 4. The summed E-state index contributed by atoms with van der Waals surface area (Å²) < 4.78 is 6.12. The molecule has 1 atom stereocenters. The third-order valence-electron chi connectivity index (χ3n) is 3.38. The Morgan fingerprint density at radius 1 is 1.43 bits per heavy atom. The van der Waals surface area contributed by atoms with Gasteiger partial charge in [-0.1, -0.05) is 0 Å². The number of alkyl carbamates (subject to hydrolysis) is 1. The molecule has 1 aliphatic rings. The van der Waals surface area contributed by atoms with Crippen molar-refractivity contribution >= 4 is 27.9 Å². The zero-order chi connectivity index (χ0) is 17.0. The number of carbonyl (C=O) groups excluding carboxylic acids is 2. The molecule has 0 saturated carbocycles. The summed E-state index contributed by atoms with van der Waals surface area (Å²) in [7, 11) is 0. The molecule has 2 heterocycles. The molecular formula is C16H22BrN3O3. The molecule has 1 N–H and O–H groups in total. The van der Waals surface area contributed by atoms with Gasteiger partial charge in [-0.2, -0.15) is 0 Å². The van der Waals surface area contributed by atoms with Crippen LogP contribution < -0.4 is 5.32 Å². The lowest BCUT2D eigenvalue weighted by Gasteiger charge is -2.22. The van der Waals surface area contributed by atoms with Crippen LogP contribution in [0, 0.1) is 0 Å². The maximum Gasteiger partial charge on any atom is 0.407 e. The fourth-order valence-corrected chi connectivity index (χ4v) is 2.59. The van der Waals surface area contributed by atoms with Gasteiger partial charge in [-0.05, 0) is 55.3 Å². The summed E-state index contributed by atoms with van der Waals surface area (Å²) in [6, 6.07) is 3.63. The lowest BCUT2D eigenvalue weighted by Crippen LogP contribution is -2.41. The van der Waals surface area contributed by atoms with Gasteiger partial charge in [0.05, 0.1) is 12.5 Å². The molecule has 0 radical (unpaired) electrons. The highest BCUT2D eigenvalue weighted by Gasteiger charge is 2.28. The Hall–Kier alpha value is -1.63. The summed E-state index contributed by atoms with van der Waals surface area (Å²) in [6.07, 6.45) is 2.25. The number of nitrogens with one attached hydrogen (secondary N) is 1. The quantitative estimate of drug-likeness (QED) is 0.870. The van der Waals surface area contributed by atoms with Crippen molar-refractivity contribution in [3.05, 3.63) is 28.5 Å². The van der Waals surface area contributed by atoms with Crippen LogP contribution in [0.1, 0.15) is 32.9 Å². The van der Waals surface area contributed by atoms with Crippen LogP contribution >= 0.6 is 15.9 Å². The van der Waals surface area contributed by atoms with Gasteiger partial charge in [0.1, 0.15) is 5.60 Å². The van der Waals surface area contributed by atoms with E-state index < -0.39 is 11.7 Å². The lowest BCUT2D eigenvalue weighted by atomic mass is 10.2. The minimum absolute atomic E-state index is 0.0216. The number of aromatic nitrogens is 1. The second-order valence-electron chi connectivity index (χ2n) is 6.62. The first-order valence-corrected chi connectivity index (χ1v) is 8.40. The Kier molecular flexibility index (Phi) is 5.62. The Morgan fingerprint density at radius 3 is 2.78 bits per heavy atom. The molecule has 6 nitrogen and oxygen atoms in total. The van der Waals surface area contributed by atoms with Crippen LogP contribution in [0.3, 0.4) is 0 Å². The average Bonchev–Trinajstić information content (AvgIpc) is 2.87. The molecule has 1 aromatic rings. The fourth-order valence-electron chi connectivity index (χ4n) is 2.36. The molecule has 0 aliphatic carbocycles. The highest BCUT2D eigenvalue weighted by Crippen LogP contribution is 2.14. The molecule has 7 heteroatoms. The first-order chi connectivity index (χ1) is 10.7. The first-order valence-electron chi connectivity index (χ1n) is 7.60. The minimum atomic E-state index is -0.522. The Morgan fingerprint density at radius 2 is 2.17 bits per heavy atom. The number of nitrogens with zero attached hydrogens (tertiary/aromatic N) is 2. The molecule has 1 unspecified atom stereocenters. The summed E-state index contributed by atoms with van der Waals surface area (Å²) >= 11 is 3.32. The topological polar surface area (TPSA) is 71.5 Å². The summed E-state index contributed by atoms with van der Waals surface area (Å²) in [4.78, 5) is 30.0. The largest absolute Gasteiger partial charge is 0.444 e. The van der Waals surface area contributed by atoms with Gasteiger partial charge in [0.2, 0.25) is 5.91 Å². The van der Waals surface area contributed by atoms with E-state index >= 15 is 0 Å². The zero-order valence-corrected chi connectivity index (χ0v) is 15.2. The number of amides is 2. The second-order valence-corrected chi connectivity index (χ2v) is 7.53. The summed E-state index contributed by atoms with van der Waals surface area (Å²) in [5, 5.41) is 2.81. The molecule has 23 heavy (non-hydrogen) atoms. The van der Waals surface area contributed by atoms with Crippen LogP contribution in [-0.2, 0) is 16.0 Å². The average molecular weight is 384 g/mol. The predicted octanol–water partition coefficient (Wildman–Crippen LogP) is 2.51. The van der Waals surface area contributed by atoms with Crippen molar-refractivity contribution in [3.8, 4) is 0 Å². The molecule has 1 fully saturated rings. The normalized spacial score (nSPS) is 17.9. The van der Waals surface area contributed by atoms with E-state index in [0.29, 0.717) is 13.1 Å². The van der Waals surface area contributed by atoms with Gasteiger partial charge in [-0.3, -0.25) is 9.78 Å². The molecule has 0 spiro atoms. The molecule has 126 valence electrons. The van der Waals surface area contributed by atoms with Gasteiger partial charge >= 0.3 is 6.09 Å². The van der Waals surface area contributed by atoms with Crippen molar-refractivity contribution in [3.63, 3.8) is 0 Å². The maximum atomic E-state index is 12.3. The van der Waals surface area contributed by atoms with E-state index in [1.54, 1.807) is 11.1 Å². The van der Waals surface area contributed by atoms with Crippen LogP contribution in [0.4, 0.5) is 4.79 Å². The minimum Gasteiger partial charge on any atom is -0.444 e. The number of carbonyl (C=O) groups is 2. The zero-order valence-electron chi connectivity index (χ0n) is 13.6. The van der Waals surface area contributed by atoms with Crippen molar-refractivity contribution in [2.45, 2.75) is 45.3 Å². The van der Waals surface area contributed by atoms with E-state index in [1.165, 1.54) is 0 Å². The van der Waals surface area contributed by atoms with Crippen molar-refractivity contribution in [2.24, 2.45) is 0 Å². The Bertz CT molecular complexity index is 569. The van der Waals surface area contributed by atoms with Crippen LogP contribution in [0.5, 0.6) is 0 Å². The Labute approximate surface area is 144 Å². The first kappa shape index (κ1) is 17.7. The van der Waals surface area contributed by atoms with E-state index in [9.17, 15) is 9.59 Å². The van der Waals surface area contributed by atoms with Gasteiger partial charge < -0.3 is 15.0 Å². The number of hydrogen-bond donors (Lipinski definition) is 1. The van der Waals surface area contributed by atoms with E-state index in [2.05, 4.69) is 26.2 Å². The van der Waals surface area contributed by atoms with E-state index in [1.807, 2.05) is 32.9 Å². The standard InChI is InChI=1S/C16H22BrN3O3/c1-16(2,3)23-15(22)19-13-6-7-20(10-13)14(21)8-12-5-4-11(17)9-18-12/h4-5,9,13H,6-8,10H2,1-3H3,(H,19,22). The van der Waals surface area contributed by atoms with E-state index in [4.69, 9.17) is 4.74 Å². The van der Waals surface area contributed by atoms with E-state index in [0.717, 1.165) is 16.6 Å². The highest BCUT2D eigenvalue weighted by atomic mass is 79.9. The predicted molar refractivity (Wildman–Crippen MR) is 90.0 cm³/mol. The van der Waals surface area contributed by atoms with Crippen LogP contribution in [0.15, 0.2) is 22.8 Å². The number of ether oxygens (including phenoxy) is 1. The van der Waals surface area contributed by atoms with Gasteiger partial charge in [0.25, 0.3) is 0 Å². The van der Waals surface area contributed by atoms with Gasteiger partial charge in [0, 0.05) is 29.5 Å². The molecule has 1 aromatic heterocycles. The summed E-state index contributed by atoms with van der Waals surface area (Å²) in [6.45, 7) is 6.61. The smallest absolute Gasteiger partial charge is 0.407 e. The van der Waals surface area contributed by atoms with Crippen LogP contribution in [0.2, 0.25) is 0 Å². The van der Waals surface area contributed by atoms with Crippen molar-refractivity contribution in [1.82, 2.24) is 15.2 Å². The third kappa shape index (κ3) is 5.82. The maximum absolute atomic E-state index is 12.3. The molecule has 2 rings (SSSR count). The summed E-state index contributed by atoms with van der Waals surface area (Å²) in [5.41, 5.74) is 0.215. The van der Waals surface area contributed by atoms with Crippen molar-refractivity contribution in [1.29, 1.82) is 0 Å². The molecule has 1 saturated heterocycles. The number of likely N-dealkylation sites (tertiary alicyclic amines) is 1.